The Bertz CT molecular complexity index is 772. The Balaban J connectivity index is 1.88. The maximum atomic E-state index is 12.7. The van der Waals surface area contributed by atoms with E-state index >= 15 is 0 Å². The molecule has 0 radical (unpaired) electrons. The van der Waals surface area contributed by atoms with Crippen molar-refractivity contribution >= 4 is 37.4 Å². The molecule has 0 unspecified atom stereocenters. The van der Waals surface area contributed by atoms with Gasteiger partial charge in [0.15, 0.2) is 0 Å². The molecule has 126 valence electrons. The summed E-state index contributed by atoms with van der Waals surface area (Å²) in [7, 11) is -3.60. The Morgan fingerprint density at radius 1 is 1.35 bits per heavy atom. The molecule has 0 aliphatic heterocycles. The van der Waals surface area contributed by atoms with Gasteiger partial charge in [0.05, 0.1) is 16.9 Å². The van der Waals surface area contributed by atoms with Crippen LogP contribution in [0.3, 0.4) is 0 Å². The number of carbonyl (C=O) groups is 1. The second-order valence-electron chi connectivity index (χ2n) is 7.51. The zero-order chi connectivity index (χ0) is 17.0. The number of fused-ring (bicyclic) bond motifs is 2. The number of sulfonamides is 1. The first-order chi connectivity index (χ1) is 10.6. The lowest BCUT2D eigenvalue weighted by Gasteiger charge is -2.36. The van der Waals surface area contributed by atoms with E-state index in [1.807, 2.05) is 32.9 Å². The molecule has 2 fully saturated rings. The van der Waals surface area contributed by atoms with Gasteiger partial charge < -0.3 is 0 Å². The summed E-state index contributed by atoms with van der Waals surface area (Å²) in [6.07, 6.45) is 2.15. The number of carbonyl (C=O) groups excluding carboxylic acids is 1. The van der Waals surface area contributed by atoms with Crippen molar-refractivity contribution in [1.29, 1.82) is 0 Å². The fourth-order valence-electron chi connectivity index (χ4n) is 4.34. The van der Waals surface area contributed by atoms with E-state index in [-0.39, 0.29) is 17.0 Å². The summed E-state index contributed by atoms with van der Waals surface area (Å²) in [5, 5.41) is 0. The van der Waals surface area contributed by atoms with Gasteiger partial charge in [-0.15, -0.1) is 0 Å². The minimum atomic E-state index is -3.60. The molecule has 0 aromatic heterocycles. The molecule has 4 nitrogen and oxygen atoms in total. The van der Waals surface area contributed by atoms with E-state index in [1.54, 1.807) is 6.07 Å². The van der Waals surface area contributed by atoms with E-state index < -0.39 is 15.4 Å². The van der Waals surface area contributed by atoms with Crippen molar-refractivity contribution in [3.05, 3.63) is 28.2 Å². The lowest BCUT2D eigenvalue weighted by molar-refractivity contribution is -0.128. The standard InChI is InChI=1S/C17H22BrNO3S/c1-11-4-5-14(13(18)8-11)19-23(21,22)10-17-7-6-12(9-15(17)20)16(17,2)3/h4-5,8,12,19H,6-7,9-10H2,1-3H3/t12-,17-/m0/s1. The lowest BCUT2D eigenvalue weighted by atomic mass is 9.70. The normalized spacial score (nSPS) is 29.0. The largest absolute Gasteiger partial charge is 0.299 e. The predicted octanol–water partition coefficient (Wildman–Crippen LogP) is 3.89. The summed E-state index contributed by atoms with van der Waals surface area (Å²) in [6, 6.07) is 5.47. The maximum absolute atomic E-state index is 12.7. The lowest BCUT2D eigenvalue weighted by Crippen LogP contribution is -2.43. The van der Waals surface area contributed by atoms with Crippen LogP contribution in [0, 0.1) is 23.7 Å². The molecule has 1 aromatic rings. The van der Waals surface area contributed by atoms with E-state index in [0.29, 0.717) is 28.9 Å². The number of aryl methyl sites for hydroxylation is 1. The summed E-state index contributed by atoms with van der Waals surface area (Å²) in [4.78, 5) is 12.5. The number of ketones is 1. The fraction of sp³-hybridized carbons (Fsp3) is 0.588. The number of halogens is 1. The summed E-state index contributed by atoms with van der Waals surface area (Å²) in [6.45, 7) is 6.04. The fourth-order valence-corrected chi connectivity index (χ4v) is 6.97. The Labute approximate surface area is 146 Å². The summed E-state index contributed by atoms with van der Waals surface area (Å²) >= 11 is 3.39. The molecule has 2 aliphatic carbocycles. The first-order valence-corrected chi connectivity index (χ1v) is 10.3. The summed E-state index contributed by atoms with van der Waals surface area (Å²) in [5.41, 5.74) is 0.582. The van der Waals surface area contributed by atoms with Crippen molar-refractivity contribution in [2.24, 2.45) is 16.7 Å². The molecule has 2 saturated carbocycles. The Morgan fingerprint density at radius 3 is 2.57 bits per heavy atom. The van der Waals surface area contributed by atoms with Gasteiger partial charge in [-0.3, -0.25) is 9.52 Å². The molecule has 0 spiro atoms. The molecule has 0 amide bonds. The van der Waals surface area contributed by atoms with Crippen molar-refractivity contribution in [3.8, 4) is 0 Å². The molecular formula is C17H22BrNO3S. The highest BCUT2D eigenvalue weighted by Crippen LogP contribution is 2.64. The Kier molecular flexibility index (Phi) is 3.92. The van der Waals surface area contributed by atoms with Crippen molar-refractivity contribution in [2.75, 3.05) is 10.5 Å². The third kappa shape index (κ3) is 2.64. The van der Waals surface area contributed by atoms with Crippen LogP contribution in [0.5, 0.6) is 0 Å². The molecule has 3 rings (SSSR count). The zero-order valence-corrected chi connectivity index (χ0v) is 16.1. The third-order valence-electron chi connectivity index (χ3n) is 5.97. The third-order valence-corrected chi connectivity index (χ3v) is 8.03. The highest BCUT2D eigenvalue weighted by molar-refractivity contribution is 9.10. The minimum Gasteiger partial charge on any atom is -0.299 e. The van der Waals surface area contributed by atoms with Crippen LogP contribution in [0.15, 0.2) is 22.7 Å². The van der Waals surface area contributed by atoms with Crippen LogP contribution in [0.25, 0.3) is 0 Å². The average molecular weight is 400 g/mol. The number of rotatable bonds is 4. The Morgan fingerprint density at radius 2 is 2.04 bits per heavy atom. The molecule has 0 saturated heterocycles. The second-order valence-corrected chi connectivity index (χ2v) is 10.1. The summed E-state index contributed by atoms with van der Waals surface area (Å²) < 4.78 is 28.8. The highest BCUT2D eigenvalue weighted by atomic mass is 79.9. The first-order valence-electron chi connectivity index (χ1n) is 7.87. The van der Waals surface area contributed by atoms with Gasteiger partial charge in [-0.2, -0.15) is 0 Å². The number of benzene rings is 1. The van der Waals surface area contributed by atoms with Gasteiger partial charge in [-0.25, -0.2) is 8.42 Å². The molecule has 1 N–H and O–H groups in total. The van der Waals surface area contributed by atoms with Gasteiger partial charge in [0.1, 0.15) is 5.78 Å². The van der Waals surface area contributed by atoms with Gasteiger partial charge in [0.2, 0.25) is 10.0 Å². The van der Waals surface area contributed by atoms with Crippen LogP contribution in [0.2, 0.25) is 0 Å². The molecule has 6 heteroatoms. The van der Waals surface area contributed by atoms with E-state index in [9.17, 15) is 13.2 Å². The smallest absolute Gasteiger partial charge is 0.233 e. The van der Waals surface area contributed by atoms with Gasteiger partial charge >= 0.3 is 0 Å². The molecule has 2 atom stereocenters. The average Bonchev–Trinajstić information content (AvgIpc) is 2.75. The Hall–Kier alpha value is -0.880. The van der Waals surface area contributed by atoms with Crippen molar-refractivity contribution < 1.29 is 13.2 Å². The van der Waals surface area contributed by atoms with Crippen molar-refractivity contribution in [3.63, 3.8) is 0 Å². The van der Waals surface area contributed by atoms with Crippen LogP contribution < -0.4 is 4.72 Å². The van der Waals surface area contributed by atoms with E-state index in [1.165, 1.54) is 0 Å². The first kappa shape index (κ1) is 17.0. The second kappa shape index (κ2) is 5.31. The molecule has 23 heavy (non-hydrogen) atoms. The molecule has 0 heterocycles. The number of hydrogen-bond donors (Lipinski definition) is 1. The van der Waals surface area contributed by atoms with Crippen LogP contribution in [0.4, 0.5) is 5.69 Å². The minimum absolute atomic E-state index is 0.118. The predicted molar refractivity (Wildman–Crippen MR) is 94.9 cm³/mol. The molecular weight excluding hydrogens is 378 g/mol. The van der Waals surface area contributed by atoms with Crippen LogP contribution in [-0.2, 0) is 14.8 Å². The number of Topliss-reactive ketones (excluding diaryl/α,β-unsaturated/α-hetero) is 1. The van der Waals surface area contributed by atoms with Gasteiger partial charge in [-0.05, 0) is 64.7 Å². The van der Waals surface area contributed by atoms with Crippen LogP contribution in [0.1, 0.15) is 38.7 Å². The van der Waals surface area contributed by atoms with Gasteiger partial charge in [-0.1, -0.05) is 19.9 Å². The number of hydrogen-bond acceptors (Lipinski definition) is 3. The van der Waals surface area contributed by atoms with Gasteiger partial charge in [0, 0.05) is 10.9 Å². The zero-order valence-electron chi connectivity index (χ0n) is 13.6. The maximum Gasteiger partial charge on any atom is 0.233 e. The van der Waals surface area contributed by atoms with Gasteiger partial charge in [0.25, 0.3) is 0 Å². The van der Waals surface area contributed by atoms with Crippen molar-refractivity contribution in [2.45, 2.75) is 40.0 Å². The molecule has 2 aliphatic rings. The quantitative estimate of drug-likeness (QED) is 0.834. The van der Waals surface area contributed by atoms with Crippen LogP contribution >= 0.6 is 15.9 Å². The summed E-state index contributed by atoms with van der Waals surface area (Å²) in [5.74, 6) is 0.311. The van der Waals surface area contributed by atoms with E-state index in [4.69, 9.17) is 0 Å². The topological polar surface area (TPSA) is 63.2 Å². The number of nitrogens with one attached hydrogen (secondary N) is 1. The van der Waals surface area contributed by atoms with E-state index in [2.05, 4.69) is 20.7 Å². The van der Waals surface area contributed by atoms with Crippen molar-refractivity contribution in [1.82, 2.24) is 0 Å². The SMILES string of the molecule is Cc1ccc(NS(=O)(=O)C[C@@]23CC[C@@H](CC2=O)C3(C)C)c(Br)c1. The van der Waals surface area contributed by atoms with Crippen LogP contribution in [-0.4, -0.2) is 20.0 Å². The van der Waals surface area contributed by atoms with E-state index in [0.717, 1.165) is 12.0 Å². The molecule has 1 aromatic carbocycles. The monoisotopic (exact) mass is 399 g/mol. The molecule has 2 bridgehead atoms. The number of anilines is 1. The highest BCUT2D eigenvalue weighted by Gasteiger charge is 2.65.